The average Bonchev–Trinajstić information content (AvgIpc) is 2.75. The Bertz CT molecular complexity index is 1290. The summed E-state index contributed by atoms with van der Waals surface area (Å²) in [6.07, 6.45) is -0.656. The van der Waals surface area contributed by atoms with E-state index in [0.29, 0.717) is 6.54 Å². The minimum atomic E-state index is -0.738. The number of nitrogens with one attached hydrogen (secondary N) is 1. The first-order valence-corrected chi connectivity index (χ1v) is 10.1. The molecular formula is C26H25NO2. The zero-order chi connectivity index (χ0) is 20.2. The molecule has 0 amide bonds. The Kier molecular flexibility index (Phi) is 4.21. The second-order valence-electron chi connectivity index (χ2n) is 8.31. The van der Waals surface area contributed by atoms with Crippen molar-refractivity contribution in [1.82, 2.24) is 5.32 Å². The van der Waals surface area contributed by atoms with Crippen molar-refractivity contribution in [2.24, 2.45) is 0 Å². The number of benzene rings is 5. The van der Waals surface area contributed by atoms with Gasteiger partial charge >= 0.3 is 0 Å². The van der Waals surface area contributed by atoms with Crippen LogP contribution in [0.2, 0.25) is 0 Å². The van der Waals surface area contributed by atoms with Crippen molar-refractivity contribution in [3.63, 3.8) is 0 Å². The Hall–Kier alpha value is -2.72. The van der Waals surface area contributed by atoms with E-state index >= 15 is 0 Å². The summed E-state index contributed by atoms with van der Waals surface area (Å²) in [5, 5.41) is 33.4. The first-order chi connectivity index (χ1) is 14.0. The Morgan fingerprint density at radius 3 is 1.97 bits per heavy atom. The summed E-state index contributed by atoms with van der Waals surface area (Å²) in [4.78, 5) is 0. The van der Waals surface area contributed by atoms with Gasteiger partial charge in [0.05, 0.1) is 18.2 Å². The van der Waals surface area contributed by atoms with Crippen LogP contribution in [-0.2, 0) is 6.54 Å². The van der Waals surface area contributed by atoms with E-state index in [-0.39, 0.29) is 6.61 Å². The fourth-order valence-electron chi connectivity index (χ4n) is 4.49. The fraction of sp³-hybridized carbons (Fsp3) is 0.231. The van der Waals surface area contributed by atoms with Gasteiger partial charge < -0.3 is 15.5 Å². The van der Waals surface area contributed by atoms with E-state index in [0.717, 1.165) is 5.56 Å². The third kappa shape index (κ3) is 2.70. The maximum Gasteiger partial charge on any atom is 0.0713 e. The highest BCUT2D eigenvalue weighted by atomic mass is 16.3. The minimum absolute atomic E-state index is 0.124. The van der Waals surface area contributed by atoms with Gasteiger partial charge in [0, 0.05) is 6.54 Å². The fourth-order valence-corrected chi connectivity index (χ4v) is 4.49. The van der Waals surface area contributed by atoms with Gasteiger partial charge in [0.1, 0.15) is 0 Å². The summed E-state index contributed by atoms with van der Waals surface area (Å²) in [6.45, 7) is 4.01. The Morgan fingerprint density at radius 1 is 0.793 bits per heavy atom. The van der Waals surface area contributed by atoms with Gasteiger partial charge in [-0.1, -0.05) is 66.7 Å². The highest BCUT2D eigenvalue weighted by Crippen LogP contribution is 2.40. The predicted molar refractivity (Wildman–Crippen MR) is 122 cm³/mol. The van der Waals surface area contributed by atoms with Gasteiger partial charge in [-0.2, -0.15) is 0 Å². The van der Waals surface area contributed by atoms with Crippen LogP contribution in [-0.4, -0.2) is 28.5 Å². The summed E-state index contributed by atoms with van der Waals surface area (Å²) < 4.78 is 0. The van der Waals surface area contributed by atoms with E-state index in [9.17, 15) is 10.2 Å². The molecular weight excluding hydrogens is 358 g/mol. The minimum Gasteiger partial charge on any atom is -0.394 e. The highest BCUT2D eigenvalue weighted by Gasteiger charge is 2.28. The first-order valence-electron chi connectivity index (χ1n) is 10.1. The van der Waals surface area contributed by atoms with Crippen molar-refractivity contribution < 1.29 is 10.2 Å². The van der Waals surface area contributed by atoms with E-state index in [4.69, 9.17) is 0 Å². The Morgan fingerprint density at radius 2 is 1.34 bits per heavy atom. The Balaban J connectivity index is 1.76. The maximum atomic E-state index is 10.1. The van der Waals surface area contributed by atoms with Crippen molar-refractivity contribution >= 4 is 43.1 Å². The lowest BCUT2D eigenvalue weighted by atomic mass is 9.88. The molecule has 3 N–H and O–H groups in total. The molecule has 0 fully saturated rings. The van der Waals surface area contributed by atoms with Crippen molar-refractivity contribution in [2.75, 3.05) is 6.61 Å². The number of hydrogen-bond acceptors (Lipinski definition) is 3. The van der Waals surface area contributed by atoms with Crippen LogP contribution in [0, 0.1) is 0 Å². The van der Waals surface area contributed by atoms with Gasteiger partial charge in [-0.05, 0) is 62.5 Å². The second kappa shape index (κ2) is 6.67. The molecule has 0 spiro atoms. The monoisotopic (exact) mass is 383 g/mol. The number of rotatable bonds is 5. The molecule has 5 aromatic carbocycles. The van der Waals surface area contributed by atoms with Crippen LogP contribution in [0.15, 0.2) is 66.7 Å². The maximum absolute atomic E-state index is 10.1. The van der Waals surface area contributed by atoms with Crippen molar-refractivity contribution in [3.8, 4) is 0 Å². The summed E-state index contributed by atoms with van der Waals surface area (Å²) in [6, 6.07) is 23.9. The largest absolute Gasteiger partial charge is 0.394 e. The summed E-state index contributed by atoms with van der Waals surface area (Å²) in [5.41, 5.74) is 0.426. The second-order valence-corrected chi connectivity index (χ2v) is 8.31. The lowest BCUT2D eigenvalue weighted by Crippen LogP contribution is -2.53. The van der Waals surface area contributed by atoms with Gasteiger partial charge in [0.25, 0.3) is 0 Å². The number of aliphatic hydroxyl groups is 2. The van der Waals surface area contributed by atoms with Gasteiger partial charge in [-0.25, -0.2) is 0 Å². The molecule has 0 heterocycles. The standard InChI is InChI=1S/C26H25NO2/c1-16(29)26(2,15-28)27-14-18-12-13-23-21-10-4-7-17-6-3-9-20(24(17)21)22-11-5-8-19(18)25(22)23/h3-13,16,27-29H,14-15H2,1-2H3/t16-,26?/m0/s1. The molecule has 3 nitrogen and oxygen atoms in total. The van der Waals surface area contributed by atoms with E-state index in [2.05, 4.69) is 72.0 Å². The lowest BCUT2D eigenvalue weighted by molar-refractivity contribution is 0.0404. The molecule has 1 unspecified atom stereocenters. The van der Waals surface area contributed by atoms with Crippen molar-refractivity contribution in [2.45, 2.75) is 32.0 Å². The van der Waals surface area contributed by atoms with Gasteiger partial charge in [0.2, 0.25) is 0 Å². The predicted octanol–water partition coefficient (Wildman–Crippen LogP) is 4.96. The molecule has 5 rings (SSSR count). The van der Waals surface area contributed by atoms with Crippen LogP contribution in [0.1, 0.15) is 19.4 Å². The van der Waals surface area contributed by atoms with Crippen molar-refractivity contribution in [3.05, 3.63) is 72.3 Å². The molecule has 0 aromatic heterocycles. The molecule has 146 valence electrons. The molecule has 0 saturated carbocycles. The average molecular weight is 383 g/mol. The number of fused-ring (bicyclic) bond motifs is 2. The van der Waals surface area contributed by atoms with Crippen LogP contribution in [0.5, 0.6) is 0 Å². The third-order valence-electron chi connectivity index (χ3n) is 6.55. The van der Waals surface area contributed by atoms with E-state index < -0.39 is 11.6 Å². The molecule has 0 aliphatic rings. The quantitative estimate of drug-likeness (QED) is 0.297. The Labute approximate surface area is 169 Å². The van der Waals surface area contributed by atoms with Crippen LogP contribution in [0.4, 0.5) is 0 Å². The molecule has 0 radical (unpaired) electrons. The SMILES string of the molecule is C[C@H](O)C(C)(CO)NCc1ccc2c3cccc4cccc(c5cccc1c52)c43. The normalized spacial score (nSPS) is 15.4. The molecule has 5 aromatic rings. The summed E-state index contributed by atoms with van der Waals surface area (Å²) >= 11 is 0. The zero-order valence-corrected chi connectivity index (χ0v) is 16.7. The smallest absolute Gasteiger partial charge is 0.0713 e. The molecule has 2 atom stereocenters. The number of aliphatic hydroxyl groups excluding tert-OH is 2. The van der Waals surface area contributed by atoms with E-state index in [1.807, 2.05) is 6.92 Å². The van der Waals surface area contributed by atoms with E-state index in [1.165, 1.54) is 43.1 Å². The number of hydrogen-bond donors (Lipinski definition) is 3. The zero-order valence-electron chi connectivity index (χ0n) is 16.7. The highest BCUT2D eigenvalue weighted by molar-refractivity contribution is 6.33. The molecule has 0 aliphatic heterocycles. The van der Waals surface area contributed by atoms with Gasteiger partial charge in [-0.3, -0.25) is 0 Å². The molecule has 3 heteroatoms. The molecule has 0 aliphatic carbocycles. The summed E-state index contributed by atoms with van der Waals surface area (Å²) in [5.74, 6) is 0. The van der Waals surface area contributed by atoms with Crippen LogP contribution < -0.4 is 5.32 Å². The summed E-state index contributed by atoms with van der Waals surface area (Å²) in [7, 11) is 0. The van der Waals surface area contributed by atoms with Gasteiger partial charge in [0.15, 0.2) is 0 Å². The van der Waals surface area contributed by atoms with Crippen LogP contribution >= 0.6 is 0 Å². The van der Waals surface area contributed by atoms with Crippen LogP contribution in [0.3, 0.4) is 0 Å². The molecule has 0 saturated heterocycles. The van der Waals surface area contributed by atoms with Crippen molar-refractivity contribution in [1.29, 1.82) is 0 Å². The third-order valence-corrected chi connectivity index (χ3v) is 6.55. The van der Waals surface area contributed by atoms with Gasteiger partial charge in [-0.15, -0.1) is 0 Å². The molecule has 29 heavy (non-hydrogen) atoms. The van der Waals surface area contributed by atoms with Crippen LogP contribution in [0.25, 0.3) is 43.1 Å². The first kappa shape index (κ1) is 18.3. The molecule has 0 bridgehead atoms. The lowest BCUT2D eigenvalue weighted by Gasteiger charge is -2.32. The topological polar surface area (TPSA) is 52.5 Å². The van der Waals surface area contributed by atoms with E-state index in [1.54, 1.807) is 6.92 Å².